The Bertz CT molecular complexity index is 1100. The van der Waals surface area contributed by atoms with E-state index in [1.165, 1.54) is 92.5 Å². The SMILES string of the molecule is C=C(NC(c1ccc2c(c1)CC(C)(C)C2)c1ccccn1)C1CCN(CCCC2=CCCC=C2)CC1. The standard InChI is InChI=1S/C33H43N3/c1-25(27-16-20-36(21-17-27)19-9-12-26-10-5-4-6-11-26)35-32(31-13-7-8-18-34-31)28-14-15-29-23-33(2,3)24-30(29)22-28/h5,7-8,10-11,13-15,18,22,27,32,35H,1,4,6,9,12,16-17,19-21,23-24H2,2-3H3. The molecule has 1 fully saturated rings. The number of rotatable bonds is 9. The van der Waals surface area contributed by atoms with Gasteiger partial charge in [0.25, 0.3) is 0 Å². The predicted molar refractivity (Wildman–Crippen MR) is 151 cm³/mol. The first kappa shape index (κ1) is 25.0. The molecule has 1 aliphatic heterocycles. The number of allylic oxidation sites excluding steroid dienone is 5. The smallest absolute Gasteiger partial charge is 0.0937 e. The second-order valence-electron chi connectivity index (χ2n) is 11.9. The number of benzene rings is 1. The van der Waals surface area contributed by atoms with E-state index >= 15 is 0 Å². The van der Waals surface area contributed by atoms with Crippen molar-refractivity contribution in [1.82, 2.24) is 15.2 Å². The fraction of sp³-hybridized carbons (Fsp3) is 0.485. The third-order valence-electron chi connectivity index (χ3n) is 8.31. The summed E-state index contributed by atoms with van der Waals surface area (Å²) in [5.74, 6) is 0.518. The lowest BCUT2D eigenvalue weighted by molar-refractivity contribution is 0.193. The van der Waals surface area contributed by atoms with Crippen LogP contribution >= 0.6 is 0 Å². The van der Waals surface area contributed by atoms with E-state index in [0.717, 1.165) is 12.1 Å². The maximum atomic E-state index is 4.74. The molecule has 0 saturated carbocycles. The van der Waals surface area contributed by atoms with E-state index in [4.69, 9.17) is 4.98 Å². The molecule has 1 aromatic carbocycles. The van der Waals surface area contributed by atoms with Gasteiger partial charge in [0, 0.05) is 17.8 Å². The van der Waals surface area contributed by atoms with Crippen molar-refractivity contribution >= 4 is 0 Å². The number of nitrogens with zero attached hydrogens (tertiary/aromatic N) is 2. The van der Waals surface area contributed by atoms with Gasteiger partial charge in [0.05, 0.1) is 11.7 Å². The zero-order valence-electron chi connectivity index (χ0n) is 22.3. The fourth-order valence-electron chi connectivity index (χ4n) is 6.30. The van der Waals surface area contributed by atoms with E-state index in [2.05, 4.69) is 79.2 Å². The second kappa shape index (κ2) is 11.2. The van der Waals surface area contributed by atoms with E-state index in [1.54, 1.807) is 0 Å². The maximum Gasteiger partial charge on any atom is 0.0937 e. The Morgan fingerprint density at radius 3 is 2.69 bits per heavy atom. The average Bonchev–Trinajstić information content (AvgIpc) is 3.21. The number of hydrogen-bond acceptors (Lipinski definition) is 3. The van der Waals surface area contributed by atoms with Gasteiger partial charge >= 0.3 is 0 Å². The molecule has 1 N–H and O–H groups in total. The first-order chi connectivity index (χ1) is 17.5. The molecule has 1 atom stereocenters. The Morgan fingerprint density at radius 2 is 1.94 bits per heavy atom. The van der Waals surface area contributed by atoms with Crippen LogP contribution in [0.1, 0.15) is 80.8 Å². The van der Waals surface area contributed by atoms with Crippen molar-refractivity contribution in [2.45, 2.75) is 71.3 Å². The van der Waals surface area contributed by atoms with Crippen LogP contribution in [0, 0.1) is 11.3 Å². The summed E-state index contributed by atoms with van der Waals surface area (Å²) >= 11 is 0. The fourth-order valence-corrected chi connectivity index (χ4v) is 6.30. The van der Waals surface area contributed by atoms with Crippen molar-refractivity contribution in [1.29, 1.82) is 0 Å². The molecule has 2 aliphatic carbocycles. The molecule has 0 amide bonds. The molecular weight excluding hydrogens is 438 g/mol. The predicted octanol–water partition coefficient (Wildman–Crippen LogP) is 7.17. The molecule has 1 saturated heterocycles. The number of nitrogens with one attached hydrogen (secondary N) is 1. The van der Waals surface area contributed by atoms with Crippen molar-refractivity contribution in [3.05, 3.63) is 101 Å². The third-order valence-corrected chi connectivity index (χ3v) is 8.31. The second-order valence-corrected chi connectivity index (χ2v) is 11.9. The highest BCUT2D eigenvalue weighted by molar-refractivity contribution is 5.41. The Hall–Kier alpha value is -2.65. The van der Waals surface area contributed by atoms with Crippen molar-refractivity contribution in [3.8, 4) is 0 Å². The van der Waals surface area contributed by atoms with E-state index in [1.807, 2.05) is 12.3 Å². The number of hydrogen-bond donors (Lipinski definition) is 1. The summed E-state index contributed by atoms with van der Waals surface area (Å²) in [4.78, 5) is 7.39. The van der Waals surface area contributed by atoms with E-state index in [0.29, 0.717) is 11.3 Å². The van der Waals surface area contributed by atoms with Crippen molar-refractivity contribution in [3.63, 3.8) is 0 Å². The Labute approximate surface area is 218 Å². The number of pyridine rings is 1. The highest BCUT2D eigenvalue weighted by Gasteiger charge is 2.30. The van der Waals surface area contributed by atoms with Crippen LogP contribution in [0.4, 0.5) is 0 Å². The molecule has 2 aromatic rings. The van der Waals surface area contributed by atoms with Gasteiger partial charge in [0.2, 0.25) is 0 Å². The van der Waals surface area contributed by atoms with Gasteiger partial charge in [0.15, 0.2) is 0 Å². The van der Waals surface area contributed by atoms with Crippen LogP contribution in [0.3, 0.4) is 0 Å². The zero-order chi connectivity index (χ0) is 25.0. The highest BCUT2D eigenvalue weighted by atomic mass is 15.1. The van der Waals surface area contributed by atoms with Crippen LogP contribution in [-0.4, -0.2) is 29.5 Å². The largest absolute Gasteiger partial charge is 0.376 e. The van der Waals surface area contributed by atoms with Crippen LogP contribution in [-0.2, 0) is 12.8 Å². The van der Waals surface area contributed by atoms with Gasteiger partial charge in [-0.2, -0.15) is 0 Å². The summed E-state index contributed by atoms with van der Waals surface area (Å²) < 4.78 is 0. The van der Waals surface area contributed by atoms with Gasteiger partial charge in [-0.25, -0.2) is 0 Å². The number of likely N-dealkylation sites (tertiary alicyclic amines) is 1. The lowest BCUT2D eigenvalue weighted by atomic mass is 9.90. The highest BCUT2D eigenvalue weighted by Crippen LogP contribution is 2.38. The van der Waals surface area contributed by atoms with Gasteiger partial charge in [-0.15, -0.1) is 0 Å². The van der Waals surface area contributed by atoms with Gasteiger partial charge in [-0.05, 0) is 105 Å². The maximum absolute atomic E-state index is 4.74. The van der Waals surface area contributed by atoms with Crippen LogP contribution < -0.4 is 5.32 Å². The normalized spacial score (nSPS) is 20.6. The molecule has 0 spiro atoms. The molecule has 5 rings (SSSR count). The molecule has 3 heteroatoms. The van der Waals surface area contributed by atoms with Gasteiger partial charge in [-0.3, -0.25) is 4.98 Å². The minimum atomic E-state index is 0.0440. The summed E-state index contributed by atoms with van der Waals surface area (Å²) in [5.41, 5.74) is 8.43. The Balaban J connectivity index is 1.19. The monoisotopic (exact) mass is 481 g/mol. The number of fused-ring (bicyclic) bond motifs is 1. The zero-order valence-corrected chi connectivity index (χ0v) is 22.3. The quantitative estimate of drug-likeness (QED) is 0.411. The van der Waals surface area contributed by atoms with Gasteiger partial charge < -0.3 is 10.2 Å². The minimum absolute atomic E-state index is 0.0440. The molecule has 36 heavy (non-hydrogen) atoms. The summed E-state index contributed by atoms with van der Waals surface area (Å²) in [5, 5.41) is 3.84. The van der Waals surface area contributed by atoms with Gasteiger partial charge in [0.1, 0.15) is 0 Å². The summed E-state index contributed by atoms with van der Waals surface area (Å²) in [6.45, 7) is 12.8. The van der Waals surface area contributed by atoms with E-state index in [9.17, 15) is 0 Å². The molecule has 0 radical (unpaired) electrons. The summed E-state index contributed by atoms with van der Waals surface area (Å²) in [6, 6.07) is 13.3. The molecule has 1 unspecified atom stereocenters. The van der Waals surface area contributed by atoms with E-state index in [-0.39, 0.29) is 6.04 Å². The Morgan fingerprint density at radius 1 is 1.11 bits per heavy atom. The molecule has 2 heterocycles. The Kier molecular flexibility index (Phi) is 7.76. The van der Waals surface area contributed by atoms with Crippen LogP contribution in [0.15, 0.2) is 78.7 Å². The topological polar surface area (TPSA) is 28.2 Å². The number of aromatic nitrogens is 1. The molecule has 3 nitrogen and oxygen atoms in total. The molecular formula is C33H43N3. The molecule has 0 bridgehead atoms. The summed E-state index contributed by atoms with van der Waals surface area (Å²) in [6.07, 6.45) is 18.6. The van der Waals surface area contributed by atoms with Crippen LogP contribution in [0.5, 0.6) is 0 Å². The van der Waals surface area contributed by atoms with Crippen molar-refractivity contribution in [2.75, 3.05) is 19.6 Å². The molecule has 190 valence electrons. The third kappa shape index (κ3) is 6.18. The lowest BCUT2D eigenvalue weighted by Gasteiger charge is -2.34. The first-order valence-electron chi connectivity index (χ1n) is 14.0. The van der Waals surface area contributed by atoms with Crippen molar-refractivity contribution in [2.24, 2.45) is 11.3 Å². The first-order valence-corrected chi connectivity index (χ1v) is 14.0. The average molecular weight is 482 g/mol. The summed E-state index contributed by atoms with van der Waals surface area (Å²) in [7, 11) is 0. The van der Waals surface area contributed by atoms with Crippen LogP contribution in [0.25, 0.3) is 0 Å². The van der Waals surface area contributed by atoms with Crippen LogP contribution in [0.2, 0.25) is 0 Å². The number of piperidine rings is 1. The molecule has 1 aromatic heterocycles. The molecule has 3 aliphatic rings. The van der Waals surface area contributed by atoms with Gasteiger partial charge in [-0.1, -0.05) is 68.5 Å². The van der Waals surface area contributed by atoms with E-state index < -0.39 is 0 Å². The lowest BCUT2D eigenvalue weighted by Crippen LogP contribution is -2.37. The van der Waals surface area contributed by atoms with Crippen molar-refractivity contribution < 1.29 is 0 Å². The minimum Gasteiger partial charge on any atom is -0.376 e.